The summed E-state index contributed by atoms with van der Waals surface area (Å²) in [6, 6.07) is 10.1. The molecule has 0 aromatic heterocycles. The molecule has 0 saturated carbocycles. The molecule has 0 aliphatic carbocycles. The molecule has 0 unspecified atom stereocenters. The third-order valence-electron chi connectivity index (χ3n) is 2.05. The highest BCUT2D eigenvalue weighted by atomic mass is 79.9. The molecule has 1 aromatic carbocycles. The first-order chi connectivity index (χ1) is 6.40. The highest BCUT2D eigenvalue weighted by Gasteiger charge is 2.25. The first-order valence-electron chi connectivity index (χ1n) is 4.28. The Kier molecular flexibility index (Phi) is 2.98. The van der Waals surface area contributed by atoms with Gasteiger partial charge in [0, 0.05) is 0 Å². The topological polar surface area (TPSA) is 18.5 Å². The van der Waals surface area contributed by atoms with Gasteiger partial charge in [0.2, 0.25) is 0 Å². The van der Waals surface area contributed by atoms with Crippen LogP contribution in [0, 0.1) is 0 Å². The van der Waals surface area contributed by atoms with Crippen molar-refractivity contribution >= 4 is 15.9 Å². The van der Waals surface area contributed by atoms with Gasteiger partial charge < -0.3 is 9.47 Å². The summed E-state index contributed by atoms with van der Waals surface area (Å²) in [5.74, 6) is 0. The van der Waals surface area contributed by atoms with Gasteiger partial charge in [-0.05, 0) is 5.56 Å². The van der Waals surface area contributed by atoms with Crippen LogP contribution in [-0.4, -0.2) is 18.2 Å². The molecule has 0 N–H and O–H groups in total. The molecule has 1 aliphatic heterocycles. The van der Waals surface area contributed by atoms with E-state index < -0.39 is 0 Å². The third kappa shape index (κ3) is 2.10. The first-order valence-corrected chi connectivity index (χ1v) is 5.40. The summed E-state index contributed by atoms with van der Waals surface area (Å²) in [4.78, 5) is 0. The van der Waals surface area contributed by atoms with Crippen LogP contribution in [0.2, 0.25) is 0 Å². The molecular formula is C10H11BrO2. The van der Waals surface area contributed by atoms with Crippen LogP contribution in [0.1, 0.15) is 11.7 Å². The monoisotopic (exact) mass is 242 g/mol. The fourth-order valence-corrected chi connectivity index (χ4v) is 1.72. The van der Waals surface area contributed by atoms with Crippen LogP contribution in [0.4, 0.5) is 0 Å². The van der Waals surface area contributed by atoms with E-state index in [1.165, 1.54) is 5.56 Å². The Bertz CT molecular complexity index is 263. The van der Waals surface area contributed by atoms with Crippen LogP contribution in [0.3, 0.4) is 0 Å². The lowest BCUT2D eigenvalue weighted by Crippen LogP contribution is -2.08. The maximum atomic E-state index is 5.63. The molecule has 13 heavy (non-hydrogen) atoms. The number of ether oxygens (including phenoxy) is 2. The van der Waals surface area contributed by atoms with Crippen molar-refractivity contribution in [2.45, 2.75) is 12.4 Å². The molecule has 1 saturated heterocycles. The fraction of sp³-hybridized carbons (Fsp3) is 0.400. The van der Waals surface area contributed by atoms with E-state index in [9.17, 15) is 0 Å². The minimum atomic E-state index is -0.0924. The van der Waals surface area contributed by atoms with Gasteiger partial charge >= 0.3 is 0 Å². The lowest BCUT2D eigenvalue weighted by atomic mass is 10.1. The molecule has 1 aliphatic rings. The Hall–Kier alpha value is -0.380. The first kappa shape index (κ1) is 9.19. The number of halogens is 1. The maximum Gasteiger partial charge on any atom is 0.168 e. The zero-order chi connectivity index (χ0) is 9.10. The van der Waals surface area contributed by atoms with Crippen LogP contribution in [-0.2, 0) is 9.47 Å². The van der Waals surface area contributed by atoms with E-state index in [4.69, 9.17) is 9.47 Å². The minimum absolute atomic E-state index is 0.0924. The van der Waals surface area contributed by atoms with Crippen LogP contribution in [0.5, 0.6) is 0 Å². The van der Waals surface area contributed by atoms with Crippen molar-refractivity contribution in [1.29, 1.82) is 0 Å². The van der Waals surface area contributed by atoms with Gasteiger partial charge in [0.15, 0.2) is 6.29 Å². The van der Waals surface area contributed by atoms with Gasteiger partial charge in [0.05, 0.1) is 11.9 Å². The van der Waals surface area contributed by atoms with Crippen molar-refractivity contribution in [3.63, 3.8) is 0 Å². The van der Waals surface area contributed by atoms with Crippen molar-refractivity contribution in [1.82, 2.24) is 0 Å². The van der Waals surface area contributed by atoms with Gasteiger partial charge in [-0.25, -0.2) is 0 Å². The fourth-order valence-electron chi connectivity index (χ4n) is 1.38. The largest absolute Gasteiger partial charge is 0.349 e. The average molecular weight is 243 g/mol. The Labute approximate surface area is 86.0 Å². The molecule has 2 atom stereocenters. The second kappa shape index (κ2) is 4.22. The Morgan fingerprint density at radius 2 is 2.08 bits per heavy atom. The Morgan fingerprint density at radius 1 is 1.31 bits per heavy atom. The van der Waals surface area contributed by atoms with E-state index in [-0.39, 0.29) is 12.4 Å². The summed E-state index contributed by atoms with van der Waals surface area (Å²) >= 11 is 3.33. The summed E-state index contributed by atoms with van der Waals surface area (Å²) in [7, 11) is 0. The molecule has 70 valence electrons. The quantitative estimate of drug-likeness (QED) is 0.743. The van der Waals surface area contributed by atoms with Gasteiger partial charge in [-0.2, -0.15) is 0 Å². The highest BCUT2D eigenvalue weighted by molar-refractivity contribution is 9.09. The molecule has 0 radical (unpaired) electrons. The van der Waals surface area contributed by atoms with Crippen LogP contribution in [0.25, 0.3) is 0 Å². The van der Waals surface area contributed by atoms with E-state index in [0.29, 0.717) is 6.61 Å². The second-order valence-electron chi connectivity index (χ2n) is 2.95. The molecule has 1 fully saturated rings. The molecular weight excluding hydrogens is 232 g/mol. The lowest BCUT2D eigenvalue weighted by molar-refractivity contribution is -0.0379. The summed E-state index contributed by atoms with van der Waals surface area (Å²) in [5, 5.41) is 0.732. The second-order valence-corrected chi connectivity index (χ2v) is 3.60. The molecule has 1 aromatic rings. The van der Waals surface area contributed by atoms with Gasteiger partial charge in [0.25, 0.3) is 0 Å². The van der Waals surface area contributed by atoms with Crippen LogP contribution >= 0.6 is 15.9 Å². The van der Waals surface area contributed by atoms with Crippen molar-refractivity contribution in [2.75, 3.05) is 11.9 Å². The highest BCUT2D eigenvalue weighted by Crippen LogP contribution is 2.26. The summed E-state index contributed by atoms with van der Waals surface area (Å²) in [6.07, 6.45) is 0.00829. The predicted octanol–water partition coefficient (Wildman–Crippen LogP) is 2.50. The molecule has 0 bridgehead atoms. The van der Waals surface area contributed by atoms with E-state index in [0.717, 1.165) is 5.33 Å². The van der Waals surface area contributed by atoms with Crippen molar-refractivity contribution in [3.05, 3.63) is 35.9 Å². The van der Waals surface area contributed by atoms with Crippen molar-refractivity contribution < 1.29 is 9.47 Å². The normalized spacial score (nSPS) is 27.8. The van der Waals surface area contributed by atoms with Gasteiger partial charge in [-0.15, -0.1) is 0 Å². The number of alkyl halides is 1. The summed E-state index contributed by atoms with van der Waals surface area (Å²) in [5.41, 5.74) is 1.19. The van der Waals surface area contributed by atoms with Gasteiger partial charge in [0.1, 0.15) is 6.10 Å². The van der Waals surface area contributed by atoms with E-state index in [2.05, 4.69) is 28.1 Å². The molecule has 2 rings (SSSR count). The van der Waals surface area contributed by atoms with Gasteiger partial charge in [-0.3, -0.25) is 0 Å². The number of hydrogen-bond donors (Lipinski definition) is 0. The van der Waals surface area contributed by atoms with E-state index in [1.807, 2.05) is 18.2 Å². The third-order valence-corrected chi connectivity index (χ3v) is 2.58. The standard InChI is InChI=1S/C10H11BrO2/c11-6-10-12-7-9(13-10)8-4-2-1-3-5-8/h1-5,9-10H,6-7H2/t9-,10+/m1/s1. The average Bonchev–Trinajstić information content (AvgIpc) is 2.67. The van der Waals surface area contributed by atoms with Gasteiger partial charge in [-0.1, -0.05) is 46.3 Å². The Balaban J connectivity index is 2.04. The van der Waals surface area contributed by atoms with Crippen molar-refractivity contribution in [2.24, 2.45) is 0 Å². The molecule has 3 heteroatoms. The van der Waals surface area contributed by atoms with Crippen LogP contribution < -0.4 is 0 Å². The molecule has 2 nitrogen and oxygen atoms in total. The SMILES string of the molecule is BrC[C@H]1OC[C@H](c2ccccc2)O1. The van der Waals surface area contributed by atoms with E-state index in [1.54, 1.807) is 0 Å². The lowest BCUT2D eigenvalue weighted by Gasteiger charge is -2.08. The van der Waals surface area contributed by atoms with Crippen LogP contribution in [0.15, 0.2) is 30.3 Å². The smallest absolute Gasteiger partial charge is 0.168 e. The van der Waals surface area contributed by atoms with Crippen molar-refractivity contribution in [3.8, 4) is 0 Å². The predicted molar refractivity (Wildman–Crippen MR) is 53.8 cm³/mol. The Morgan fingerprint density at radius 3 is 2.69 bits per heavy atom. The zero-order valence-electron chi connectivity index (χ0n) is 7.15. The molecule has 1 heterocycles. The van der Waals surface area contributed by atoms with E-state index >= 15 is 0 Å². The number of hydrogen-bond acceptors (Lipinski definition) is 2. The summed E-state index contributed by atoms with van der Waals surface area (Å²) in [6.45, 7) is 0.653. The minimum Gasteiger partial charge on any atom is -0.349 e. The molecule has 0 amide bonds. The molecule has 0 spiro atoms. The summed E-state index contributed by atoms with van der Waals surface area (Å²) < 4.78 is 11.0. The number of benzene rings is 1. The zero-order valence-corrected chi connectivity index (χ0v) is 8.74. The number of rotatable bonds is 2. The maximum absolute atomic E-state index is 5.63.